The monoisotopic (exact) mass is 443 g/mol. The van der Waals surface area contributed by atoms with Gasteiger partial charge in [-0.3, -0.25) is 4.79 Å². The summed E-state index contributed by atoms with van der Waals surface area (Å²) in [5, 5.41) is 2.81. The van der Waals surface area contributed by atoms with Crippen molar-refractivity contribution in [1.82, 2.24) is 9.29 Å². The molecule has 1 aliphatic carbocycles. The molecular weight excluding hydrogens is 418 g/mol. The van der Waals surface area contributed by atoms with E-state index >= 15 is 0 Å². The first-order valence-corrected chi connectivity index (χ1v) is 11.7. The SMILES string of the molecule is CCN(CC)S(=O)(=O)c1ccc(OC)c(C(=O)Nc2ccc3oc(C4CC4)nc3c2)c1. The van der Waals surface area contributed by atoms with E-state index in [0.717, 1.165) is 18.7 Å². The highest BCUT2D eigenvalue weighted by atomic mass is 32.2. The number of anilines is 1. The van der Waals surface area contributed by atoms with Crippen LogP contribution in [0.5, 0.6) is 5.75 Å². The normalized spacial score (nSPS) is 14.2. The van der Waals surface area contributed by atoms with Gasteiger partial charge in [0.1, 0.15) is 11.3 Å². The van der Waals surface area contributed by atoms with Crippen molar-refractivity contribution in [2.24, 2.45) is 0 Å². The van der Waals surface area contributed by atoms with E-state index in [-0.39, 0.29) is 16.2 Å². The molecular formula is C22H25N3O5S. The molecule has 0 atom stereocenters. The maximum absolute atomic E-state index is 13.0. The van der Waals surface area contributed by atoms with E-state index in [1.165, 1.54) is 29.6 Å². The van der Waals surface area contributed by atoms with Crippen molar-refractivity contribution < 1.29 is 22.4 Å². The topological polar surface area (TPSA) is 102 Å². The largest absolute Gasteiger partial charge is 0.496 e. The number of nitrogens with one attached hydrogen (secondary N) is 1. The Morgan fingerprint density at radius 1 is 1.19 bits per heavy atom. The zero-order valence-electron chi connectivity index (χ0n) is 17.7. The Hall–Kier alpha value is -2.91. The highest BCUT2D eigenvalue weighted by Crippen LogP contribution is 2.40. The fourth-order valence-corrected chi connectivity index (χ4v) is 4.95. The van der Waals surface area contributed by atoms with Crippen molar-refractivity contribution in [2.75, 3.05) is 25.5 Å². The molecule has 0 aliphatic heterocycles. The predicted molar refractivity (Wildman–Crippen MR) is 117 cm³/mol. The maximum Gasteiger partial charge on any atom is 0.259 e. The second-order valence-electron chi connectivity index (χ2n) is 7.41. The molecule has 0 bridgehead atoms. The minimum Gasteiger partial charge on any atom is -0.496 e. The van der Waals surface area contributed by atoms with Crippen LogP contribution in [0.25, 0.3) is 11.1 Å². The summed E-state index contributed by atoms with van der Waals surface area (Å²) < 4.78 is 38.1. The molecule has 164 valence electrons. The Bertz CT molecular complexity index is 1230. The summed E-state index contributed by atoms with van der Waals surface area (Å²) in [6.07, 6.45) is 2.17. The molecule has 1 aromatic heterocycles. The van der Waals surface area contributed by atoms with Crippen molar-refractivity contribution in [3.63, 3.8) is 0 Å². The number of methoxy groups -OCH3 is 1. The standard InChI is InChI=1S/C22H25N3O5S/c1-4-25(5-2)31(27,28)16-9-11-19(29-3)17(13-16)21(26)23-15-8-10-20-18(12-15)24-22(30-20)14-6-7-14/h8-14H,4-7H2,1-3H3,(H,23,26). The van der Waals surface area contributed by atoms with Crippen LogP contribution in [0.1, 0.15) is 48.9 Å². The van der Waals surface area contributed by atoms with Gasteiger partial charge in [-0.1, -0.05) is 13.8 Å². The number of amides is 1. The van der Waals surface area contributed by atoms with Gasteiger partial charge in [-0.25, -0.2) is 13.4 Å². The number of fused-ring (bicyclic) bond motifs is 1. The van der Waals surface area contributed by atoms with Crippen molar-refractivity contribution in [3.8, 4) is 5.75 Å². The molecule has 1 heterocycles. The van der Waals surface area contributed by atoms with Crippen LogP contribution < -0.4 is 10.1 Å². The molecule has 1 N–H and O–H groups in total. The third-order valence-corrected chi connectivity index (χ3v) is 7.39. The number of benzene rings is 2. The number of hydrogen-bond donors (Lipinski definition) is 1. The van der Waals surface area contributed by atoms with E-state index in [0.29, 0.717) is 35.8 Å². The average molecular weight is 444 g/mol. The van der Waals surface area contributed by atoms with Crippen LogP contribution in [-0.2, 0) is 10.0 Å². The van der Waals surface area contributed by atoms with Gasteiger partial charge >= 0.3 is 0 Å². The van der Waals surface area contributed by atoms with E-state index in [4.69, 9.17) is 9.15 Å². The summed E-state index contributed by atoms with van der Waals surface area (Å²) in [4.78, 5) is 17.5. The minimum atomic E-state index is -3.71. The van der Waals surface area contributed by atoms with Crippen LogP contribution in [0.15, 0.2) is 45.7 Å². The second-order valence-corrected chi connectivity index (χ2v) is 9.35. The molecule has 4 rings (SSSR count). The molecule has 2 aromatic carbocycles. The zero-order chi connectivity index (χ0) is 22.2. The molecule has 1 fully saturated rings. The molecule has 0 spiro atoms. The number of sulfonamides is 1. The molecule has 1 saturated carbocycles. The van der Waals surface area contributed by atoms with Gasteiger partial charge < -0.3 is 14.5 Å². The number of ether oxygens (including phenoxy) is 1. The quantitative estimate of drug-likeness (QED) is 0.565. The lowest BCUT2D eigenvalue weighted by Gasteiger charge is -2.19. The Morgan fingerprint density at radius 3 is 2.58 bits per heavy atom. The Morgan fingerprint density at radius 2 is 1.94 bits per heavy atom. The van der Waals surface area contributed by atoms with Gasteiger partial charge in [-0.15, -0.1) is 0 Å². The molecule has 8 nitrogen and oxygen atoms in total. The first kappa shape index (κ1) is 21.3. The molecule has 1 aliphatic rings. The molecule has 0 radical (unpaired) electrons. The van der Waals surface area contributed by atoms with E-state index < -0.39 is 15.9 Å². The van der Waals surface area contributed by atoms with E-state index in [1.54, 1.807) is 32.0 Å². The van der Waals surface area contributed by atoms with Gasteiger partial charge in [-0.2, -0.15) is 4.31 Å². The molecule has 1 amide bonds. The molecule has 9 heteroatoms. The van der Waals surface area contributed by atoms with Crippen LogP contribution in [0, 0.1) is 0 Å². The van der Waals surface area contributed by atoms with Crippen LogP contribution >= 0.6 is 0 Å². The van der Waals surface area contributed by atoms with Gasteiger partial charge in [0.05, 0.1) is 17.6 Å². The average Bonchev–Trinajstić information content (AvgIpc) is 3.53. The number of hydrogen-bond acceptors (Lipinski definition) is 6. The maximum atomic E-state index is 13.0. The summed E-state index contributed by atoms with van der Waals surface area (Å²) in [5.41, 5.74) is 2.01. The van der Waals surface area contributed by atoms with Crippen LogP contribution in [0.4, 0.5) is 5.69 Å². The van der Waals surface area contributed by atoms with Crippen molar-refractivity contribution in [3.05, 3.63) is 47.9 Å². The van der Waals surface area contributed by atoms with Gasteiger partial charge in [0.15, 0.2) is 11.5 Å². The lowest BCUT2D eigenvalue weighted by molar-refractivity contribution is 0.102. The number of carbonyl (C=O) groups is 1. The third-order valence-electron chi connectivity index (χ3n) is 5.35. The van der Waals surface area contributed by atoms with Gasteiger partial charge in [-0.05, 0) is 49.2 Å². The van der Waals surface area contributed by atoms with Crippen LogP contribution in [0.3, 0.4) is 0 Å². The smallest absolute Gasteiger partial charge is 0.259 e. The summed E-state index contributed by atoms with van der Waals surface area (Å²) in [5.74, 6) is 0.938. The molecule has 31 heavy (non-hydrogen) atoms. The Labute approximate surface area is 181 Å². The number of aromatic nitrogens is 1. The fraction of sp³-hybridized carbons (Fsp3) is 0.364. The highest BCUT2D eigenvalue weighted by Gasteiger charge is 2.29. The van der Waals surface area contributed by atoms with Crippen LogP contribution in [-0.4, -0.2) is 43.8 Å². The minimum absolute atomic E-state index is 0.0446. The van der Waals surface area contributed by atoms with Crippen molar-refractivity contribution in [2.45, 2.75) is 37.5 Å². The fourth-order valence-electron chi connectivity index (χ4n) is 3.46. The highest BCUT2D eigenvalue weighted by molar-refractivity contribution is 7.89. The van der Waals surface area contributed by atoms with Gasteiger partial charge in [0, 0.05) is 24.7 Å². The zero-order valence-corrected chi connectivity index (χ0v) is 18.5. The lowest BCUT2D eigenvalue weighted by Crippen LogP contribution is -2.30. The Balaban J connectivity index is 1.63. The van der Waals surface area contributed by atoms with Crippen molar-refractivity contribution >= 4 is 32.7 Å². The second kappa shape index (κ2) is 8.32. The number of carbonyl (C=O) groups excluding carboxylic acids is 1. The van der Waals surface area contributed by atoms with Crippen LogP contribution in [0.2, 0.25) is 0 Å². The molecule has 3 aromatic rings. The summed E-state index contributed by atoms with van der Waals surface area (Å²) in [6.45, 7) is 4.22. The third kappa shape index (κ3) is 4.15. The first-order chi connectivity index (χ1) is 14.9. The molecule has 0 unspecified atom stereocenters. The van der Waals surface area contributed by atoms with Crippen molar-refractivity contribution in [1.29, 1.82) is 0 Å². The summed E-state index contributed by atoms with van der Waals surface area (Å²) in [7, 11) is -2.27. The van der Waals surface area contributed by atoms with E-state index in [2.05, 4.69) is 10.3 Å². The van der Waals surface area contributed by atoms with E-state index in [1.807, 2.05) is 0 Å². The molecule has 0 saturated heterocycles. The number of rotatable bonds is 8. The summed E-state index contributed by atoms with van der Waals surface area (Å²) in [6, 6.07) is 9.53. The van der Waals surface area contributed by atoms with E-state index in [9.17, 15) is 13.2 Å². The Kier molecular flexibility index (Phi) is 5.72. The lowest BCUT2D eigenvalue weighted by atomic mass is 10.1. The summed E-state index contributed by atoms with van der Waals surface area (Å²) >= 11 is 0. The predicted octanol–water partition coefficient (Wildman–Crippen LogP) is 4.00. The first-order valence-electron chi connectivity index (χ1n) is 10.3. The van der Waals surface area contributed by atoms with Gasteiger partial charge in [0.25, 0.3) is 5.91 Å². The number of oxazole rings is 1. The number of nitrogens with zero attached hydrogens (tertiary/aromatic N) is 2. The van der Waals surface area contributed by atoms with Gasteiger partial charge in [0.2, 0.25) is 10.0 Å².